The molecule has 0 fully saturated rings. The molecule has 0 bridgehead atoms. The summed E-state index contributed by atoms with van der Waals surface area (Å²) in [6.07, 6.45) is 0.794. The first-order valence-corrected chi connectivity index (χ1v) is 6.82. The molecule has 7 heteroatoms. The summed E-state index contributed by atoms with van der Waals surface area (Å²) in [6, 6.07) is 2.29. The Morgan fingerprint density at radius 3 is 2.17 bits per heavy atom. The van der Waals surface area contributed by atoms with E-state index >= 15 is 0 Å². The van der Waals surface area contributed by atoms with E-state index in [2.05, 4.69) is 13.2 Å². The van der Waals surface area contributed by atoms with Gasteiger partial charge in [-0.1, -0.05) is 13.2 Å². The van der Waals surface area contributed by atoms with Gasteiger partial charge in [-0.3, -0.25) is 4.79 Å². The van der Waals surface area contributed by atoms with Crippen LogP contribution in [0.2, 0.25) is 0 Å². The number of benzene rings is 1. The number of ketones is 1. The average Bonchev–Trinajstić information content (AvgIpc) is 2.52. The molecule has 0 aromatic heterocycles. The molecule has 1 aromatic carbocycles. The normalized spacial score (nSPS) is 9.88. The zero-order chi connectivity index (χ0) is 18.4. The van der Waals surface area contributed by atoms with Crippen LogP contribution < -0.4 is 0 Å². The Hall–Kier alpha value is -3.22. The van der Waals surface area contributed by atoms with Crippen LogP contribution in [0.15, 0.2) is 36.9 Å². The van der Waals surface area contributed by atoms with E-state index in [4.69, 9.17) is 9.84 Å². The Morgan fingerprint density at radius 1 is 1.12 bits per heavy atom. The quantitative estimate of drug-likeness (QED) is 0.425. The van der Waals surface area contributed by atoms with Crippen molar-refractivity contribution in [3.63, 3.8) is 0 Å². The molecule has 0 amide bonds. The van der Waals surface area contributed by atoms with E-state index < -0.39 is 34.8 Å². The number of carboxylic acid groups (broad SMARTS) is 2. The van der Waals surface area contributed by atoms with Crippen molar-refractivity contribution in [3.05, 3.63) is 59.2 Å². The molecule has 1 aromatic rings. The van der Waals surface area contributed by atoms with E-state index in [1.165, 1.54) is 13.0 Å². The second kappa shape index (κ2) is 7.87. The zero-order valence-corrected chi connectivity index (χ0v) is 13.0. The second-order valence-electron chi connectivity index (χ2n) is 4.86. The molecular formula is C17H16O7. The van der Waals surface area contributed by atoms with Crippen LogP contribution in [-0.2, 0) is 16.0 Å². The van der Waals surface area contributed by atoms with Gasteiger partial charge in [-0.25, -0.2) is 14.4 Å². The summed E-state index contributed by atoms with van der Waals surface area (Å²) >= 11 is 0. The number of hydrogen-bond acceptors (Lipinski definition) is 5. The lowest BCUT2D eigenvalue weighted by molar-refractivity contribution is -0.137. The number of esters is 1. The van der Waals surface area contributed by atoms with Gasteiger partial charge >= 0.3 is 17.9 Å². The number of allylic oxidation sites excluding steroid dienone is 1. The molecule has 0 saturated carbocycles. The first-order valence-electron chi connectivity index (χ1n) is 6.82. The van der Waals surface area contributed by atoms with Crippen molar-refractivity contribution in [2.45, 2.75) is 13.3 Å². The molecule has 0 aliphatic rings. The summed E-state index contributed by atoms with van der Waals surface area (Å²) in [7, 11) is 0. The summed E-state index contributed by atoms with van der Waals surface area (Å²) in [5.41, 5.74) is -0.805. The lowest BCUT2D eigenvalue weighted by Gasteiger charge is -2.14. The molecule has 0 radical (unpaired) electrons. The highest BCUT2D eigenvalue weighted by Crippen LogP contribution is 2.23. The molecule has 0 unspecified atom stereocenters. The fraction of sp³-hybridized carbons (Fsp3) is 0.176. The molecule has 7 nitrogen and oxygen atoms in total. The van der Waals surface area contributed by atoms with Crippen molar-refractivity contribution >= 4 is 23.7 Å². The number of hydrogen-bond donors (Lipinski definition) is 2. The van der Waals surface area contributed by atoms with Gasteiger partial charge < -0.3 is 14.9 Å². The van der Waals surface area contributed by atoms with Crippen LogP contribution in [0.5, 0.6) is 0 Å². The Labute approximate surface area is 137 Å². The van der Waals surface area contributed by atoms with Crippen molar-refractivity contribution in [1.82, 2.24) is 0 Å². The number of ether oxygens (including phenoxy) is 1. The number of carboxylic acids is 2. The Balaban J connectivity index is 3.47. The fourth-order valence-electron chi connectivity index (χ4n) is 2.09. The van der Waals surface area contributed by atoms with Crippen LogP contribution in [0.1, 0.15) is 43.6 Å². The van der Waals surface area contributed by atoms with Crippen molar-refractivity contribution in [3.8, 4) is 0 Å². The van der Waals surface area contributed by atoms with E-state index in [1.807, 2.05) is 0 Å². The van der Waals surface area contributed by atoms with E-state index in [1.54, 1.807) is 0 Å². The molecule has 0 atom stereocenters. The van der Waals surface area contributed by atoms with Gasteiger partial charge in [0.15, 0.2) is 5.78 Å². The fourth-order valence-corrected chi connectivity index (χ4v) is 2.09. The molecule has 0 heterocycles. The van der Waals surface area contributed by atoms with Gasteiger partial charge in [0.25, 0.3) is 0 Å². The second-order valence-corrected chi connectivity index (χ2v) is 4.86. The summed E-state index contributed by atoms with van der Waals surface area (Å²) < 4.78 is 4.79. The van der Waals surface area contributed by atoms with Gasteiger partial charge in [0.1, 0.15) is 0 Å². The molecule has 126 valence electrons. The lowest BCUT2D eigenvalue weighted by atomic mass is 9.90. The Bertz CT molecular complexity index is 744. The highest BCUT2D eigenvalue weighted by atomic mass is 16.5. The first kappa shape index (κ1) is 18.8. The molecule has 0 aliphatic heterocycles. The van der Waals surface area contributed by atoms with Crippen molar-refractivity contribution in [2.24, 2.45) is 0 Å². The lowest BCUT2D eigenvalue weighted by Crippen LogP contribution is -2.18. The smallest absolute Gasteiger partial charge is 0.336 e. The summed E-state index contributed by atoms with van der Waals surface area (Å²) in [6.45, 7) is 7.96. The third-order valence-electron chi connectivity index (χ3n) is 3.15. The summed E-state index contributed by atoms with van der Waals surface area (Å²) in [5, 5.41) is 18.5. The van der Waals surface area contributed by atoms with Crippen LogP contribution >= 0.6 is 0 Å². The van der Waals surface area contributed by atoms with Crippen molar-refractivity contribution < 1.29 is 34.1 Å². The maximum atomic E-state index is 12.2. The predicted molar refractivity (Wildman–Crippen MR) is 84.4 cm³/mol. The van der Waals surface area contributed by atoms with Gasteiger partial charge in [0.2, 0.25) is 0 Å². The van der Waals surface area contributed by atoms with E-state index in [0.717, 1.165) is 12.1 Å². The van der Waals surface area contributed by atoms with E-state index in [9.17, 15) is 24.3 Å². The maximum Gasteiger partial charge on any atom is 0.336 e. The SMILES string of the molecule is C=CC(=O)OCCc1c(C(=O)C(=C)C)ccc(C(=O)O)c1C(=O)O. The van der Waals surface area contributed by atoms with Crippen LogP contribution in [0, 0.1) is 0 Å². The number of aromatic carboxylic acids is 2. The van der Waals surface area contributed by atoms with Crippen LogP contribution in [0.3, 0.4) is 0 Å². The van der Waals surface area contributed by atoms with E-state index in [0.29, 0.717) is 0 Å². The minimum Gasteiger partial charge on any atom is -0.478 e. The molecule has 24 heavy (non-hydrogen) atoms. The number of rotatable bonds is 8. The minimum atomic E-state index is -1.49. The number of carbonyl (C=O) groups excluding carboxylic acids is 2. The van der Waals surface area contributed by atoms with Crippen molar-refractivity contribution in [2.75, 3.05) is 6.61 Å². The average molecular weight is 332 g/mol. The Morgan fingerprint density at radius 2 is 1.71 bits per heavy atom. The molecule has 1 rings (SSSR count). The van der Waals surface area contributed by atoms with Gasteiger partial charge in [-0.2, -0.15) is 0 Å². The van der Waals surface area contributed by atoms with Crippen LogP contribution in [0.25, 0.3) is 0 Å². The van der Waals surface area contributed by atoms with Gasteiger partial charge in [0.05, 0.1) is 17.7 Å². The Kier molecular flexibility index (Phi) is 6.17. The minimum absolute atomic E-state index is 0.0135. The van der Waals surface area contributed by atoms with Crippen LogP contribution in [0.4, 0.5) is 0 Å². The monoisotopic (exact) mass is 332 g/mol. The van der Waals surface area contributed by atoms with Gasteiger partial charge in [0, 0.05) is 18.1 Å². The third-order valence-corrected chi connectivity index (χ3v) is 3.15. The van der Waals surface area contributed by atoms with Gasteiger partial charge in [-0.15, -0.1) is 0 Å². The molecule has 0 aliphatic carbocycles. The largest absolute Gasteiger partial charge is 0.478 e. The number of carbonyl (C=O) groups is 4. The topological polar surface area (TPSA) is 118 Å². The van der Waals surface area contributed by atoms with Gasteiger partial charge in [-0.05, 0) is 30.2 Å². The first-order chi connectivity index (χ1) is 11.2. The molecule has 0 saturated heterocycles. The van der Waals surface area contributed by atoms with Crippen LogP contribution in [-0.4, -0.2) is 40.5 Å². The predicted octanol–water partition coefficient (Wildman–Crippen LogP) is 2.11. The number of Topliss-reactive ketones (excluding diaryl/α,β-unsaturated/α-hetero) is 1. The third kappa shape index (κ3) is 4.16. The summed E-state index contributed by atoms with van der Waals surface area (Å²) in [5.74, 6) is -4.16. The van der Waals surface area contributed by atoms with E-state index in [-0.39, 0.29) is 29.7 Å². The summed E-state index contributed by atoms with van der Waals surface area (Å²) in [4.78, 5) is 46.1. The zero-order valence-electron chi connectivity index (χ0n) is 13.0. The molecule has 2 N–H and O–H groups in total. The standard InChI is InChI=1S/C17H16O7/c1-4-13(18)24-8-7-10-11(15(19)9(2)3)5-6-12(16(20)21)14(10)17(22)23/h4-6H,1-2,7-8H2,3H3,(H,20,21)(H,22,23). The highest BCUT2D eigenvalue weighted by Gasteiger charge is 2.25. The highest BCUT2D eigenvalue weighted by molar-refractivity contribution is 6.12. The van der Waals surface area contributed by atoms with Crippen molar-refractivity contribution in [1.29, 1.82) is 0 Å². The molecule has 0 spiro atoms. The molecular weight excluding hydrogens is 316 g/mol. The maximum absolute atomic E-state index is 12.2.